The minimum absolute atomic E-state index is 0.0714. The molecule has 2 N–H and O–H groups in total. The molecule has 2 aliphatic rings. The van der Waals surface area contributed by atoms with E-state index in [4.69, 9.17) is 16.6 Å². The lowest BCUT2D eigenvalue weighted by molar-refractivity contribution is -0.141. The number of β-amino-alcohol motifs (C(OH)–C–C–N with tert-alkyl or cyclic N) is 1. The number of hydrogen-bond acceptors (Lipinski definition) is 5. The van der Waals surface area contributed by atoms with Crippen molar-refractivity contribution in [1.29, 1.82) is 0 Å². The number of halogens is 1. The molecule has 1 saturated heterocycles. The van der Waals surface area contributed by atoms with Gasteiger partial charge in [-0.2, -0.15) is 0 Å². The molecule has 1 fully saturated rings. The molecule has 1 aromatic heterocycles. The number of rotatable bonds is 5. The first kappa shape index (κ1) is 22.7. The van der Waals surface area contributed by atoms with E-state index in [1.807, 2.05) is 66.9 Å². The summed E-state index contributed by atoms with van der Waals surface area (Å²) in [5.74, 6) is -2.56. The van der Waals surface area contributed by atoms with Crippen molar-refractivity contribution >= 4 is 39.9 Å². The van der Waals surface area contributed by atoms with Gasteiger partial charge >= 0.3 is 5.97 Å². The number of aliphatic hydroxyl groups excluding tert-OH is 1. The van der Waals surface area contributed by atoms with Crippen LogP contribution in [0.5, 0.6) is 0 Å². The van der Waals surface area contributed by atoms with Crippen LogP contribution in [-0.2, 0) is 15.0 Å². The van der Waals surface area contributed by atoms with E-state index in [0.717, 1.165) is 11.3 Å². The first-order valence-corrected chi connectivity index (χ1v) is 11.8. The van der Waals surface area contributed by atoms with Crippen LogP contribution in [0.25, 0.3) is 0 Å². The fraction of sp³-hybridized carbons (Fsp3) is 0.375. The number of aromatic nitrogens is 1. The molecule has 6 nitrogen and oxygen atoms in total. The summed E-state index contributed by atoms with van der Waals surface area (Å²) in [7, 11) is 0. The number of carboxylic acid groups (broad SMARTS) is 1. The fourth-order valence-corrected chi connectivity index (χ4v) is 5.67. The first-order valence-electron chi connectivity index (χ1n) is 10.5. The molecule has 0 radical (unpaired) electrons. The lowest BCUT2D eigenvalue weighted by Crippen LogP contribution is -2.39. The molecule has 8 heteroatoms. The van der Waals surface area contributed by atoms with Crippen LogP contribution >= 0.6 is 22.9 Å². The second-order valence-corrected chi connectivity index (χ2v) is 9.81. The highest BCUT2D eigenvalue weighted by atomic mass is 35.5. The predicted molar refractivity (Wildman–Crippen MR) is 125 cm³/mol. The Hall–Kier alpha value is -2.48. The molecule has 0 saturated carbocycles. The van der Waals surface area contributed by atoms with Crippen LogP contribution in [0.3, 0.4) is 0 Å². The van der Waals surface area contributed by atoms with Gasteiger partial charge in [-0.15, -0.1) is 22.9 Å². The van der Waals surface area contributed by atoms with Gasteiger partial charge in [0, 0.05) is 10.8 Å². The zero-order valence-electron chi connectivity index (χ0n) is 17.6. The second-order valence-electron chi connectivity index (χ2n) is 8.50. The molecule has 32 heavy (non-hydrogen) atoms. The van der Waals surface area contributed by atoms with Gasteiger partial charge in [0.25, 0.3) is 0 Å². The smallest absolute Gasteiger partial charge is 0.304 e. The van der Waals surface area contributed by atoms with E-state index in [9.17, 15) is 19.8 Å². The lowest BCUT2D eigenvalue weighted by atomic mass is 9.80. The Labute approximate surface area is 195 Å². The average molecular weight is 473 g/mol. The summed E-state index contributed by atoms with van der Waals surface area (Å²) in [4.78, 5) is 31.4. The van der Waals surface area contributed by atoms with E-state index < -0.39 is 29.3 Å². The number of anilines is 1. The zero-order chi connectivity index (χ0) is 22.9. The molecular weight excluding hydrogens is 448 g/mol. The lowest BCUT2D eigenvalue weighted by Gasteiger charge is -2.29. The van der Waals surface area contributed by atoms with Crippen molar-refractivity contribution in [3.05, 3.63) is 71.3 Å². The normalized spacial score (nSPS) is 30.3. The van der Waals surface area contributed by atoms with Crippen LogP contribution in [0.1, 0.15) is 36.9 Å². The Balaban J connectivity index is 1.69. The summed E-state index contributed by atoms with van der Waals surface area (Å²) in [6.45, 7) is 2.06. The fourth-order valence-electron chi connectivity index (χ4n) is 4.43. The number of alkyl halides is 1. The van der Waals surface area contributed by atoms with Crippen molar-refractivity contribution in [1.82, 2.24) is 4.98 Å². The summed E-state index contributed by atoms with van der Waals surface area (Å²) < 4.78 is 0. The van der Waals surface area contributed by atoms with Gasteiger partial charge in [0.15, 0.2) is 5.13 Å². The standard InChI is InChI=1S/C24H25ClN2O4S/c1-24(10-6-5-9-19(24)25)20-14-32-23(26-20)27-13-16(28)11-17(15-7-3-2-4-8-15)18(22(27)31)12-21(29)30/h2-10,14,16-19,28H,11-13H2,1H3,(H,29,30). The Morgan fingerprint density at radius 3 is 2.75 bits per heavy atom. The third-order valence-electron chi connectivity index (χ3n) is 6.29. The number of carboxylic acids is 1. The molecule has 0 bridgehead atoms. The number of amides is 1. The van der Waals surface area contributed by atoms with E-state index in [0.29, 0.717) is 11.6 Å². The quantitative estimate of drug-likeness (QED) is 0.639. The molecule has 5 atom stereocenters. The SMILES string of the molecule is CC1(c2csc(N3CC(O)CC(c4ccccc4)C(CC(=O)O)C3=O)n2)C=CC=CC1Cl. The van der Waals surface area contributed by atoms with Crippen LogP contribution in [0, 0.1) is 5.92 Å². The van der Waals surface area contributed by atoms with Gasteiger partial charge in [0.05, 0.1) is 36.1 Å². The van der Waals surface area contributed by atoms with Crippen LogP contribution < -0.4 is 4.90 Å². The summed E-state index contributed by atoms with van der Waals surface area (Å²) in [5.41, 5.74) is 1.06. The molecule has 2 heterocycles. The van der Waals surface area contributed by atoms with Gasteiger partial charge < -0.3 is 10.2 Å². The molecule has 2 aromatic rings. The molecule has 4 rings (SSSR count). The minimum Gasteiger partial charge on any atom is -0.481 e. The monoisotopic (exact) mass is 472 g/mol. The summed E-state index contributed by atoms with van der Waals surface area (Å²) in [6, 6.07) is 9.33. The van der Waals surface area contributed by atoms with Gasteiger partial charge in [-0.05, 0) is 24.8 Å². The number of hydrogen-bond donors (Lipinski definition) is 2. The van der Waals surface area contributed by atoms with E-state index >= 15 is 0 Å². The molecule has 0 spiro atoms. The number of carbonyl (C=O) groups is 2. The average Bonchev–Trinajstić information content (AvgIpc) is 3.23. The Morgan fingerprint density at radius 1 is 1.31 bits per heavy atom. The predicted octanol–water partition coefficient (Wildman–Crippen LogP) is 4.11. The number of nitrogens with zero attached hydrogens (tertiary/aromatic N) is 2. The number of benzene rings is 1. The number of aliphatic carboxylic acids is 1. The Morgan fingerprint density at radius 2 is 2.06 bits per heavy atom. The number of carbonyl (C=O) groups excluding carboxylic acids is 1. The van der Waals surface area contributed by atoms with Crippen LogP contribution in [0.15, 0.2) is 60.0 Å². The maximum absolute atomic E-state index is 13.6. The molecule has 168 valence electrons. The van der Waals surface area contributed by atoms with E-state index in [-0.39, 0.29) is 24.2 Å². The number of allylic oxidation sites excluding steroid dienone is 4. The highest BCUT2D eigenvalue weighted by Crippen LogP contribution is 2.41. The summed E-state index contributed by atoms with van der Waals surface area (Å²) >= 11 is 7.84. The van der Waals surface area contributed by atoms with Crippen molar-refractivity contribution in [3.8, 4) is 0 Å². The zero-order valence-corrected chi connectivity index (χ0v) is 19.2. The summed E-state index contributed by atoms with van der Waals surface area (Å²) in [6.07, 6.45) is 6.89. The van der Waals surface area contributed by atoms with Gasteiger partial charge in [-0.25, -0.2) is 4.98 Å². The topological polar surface area (TPSA) is 90.7 Å². The van der Waals surface area contributed by atoms with Crippen molar-refractivity contribution < 1.29 is 19.8 Å². The number of aliphatic hydroxyl groups is 1. The van der Waals surface area contributed by atoms with Crippen LogP contribution in [-0.4, -0.2) is 45.1 Å². The second kappa shape index (κ2) is 9.17. The molecule has 1 amide bonds. The molecular formula is C24H25ClN2O4S. The maximum Gasteiger partial charge on any atom is 0.304 e. The van der Waals surface area contributed by atoms with Gasteiger partial charge in [-0.3, -0.25) is 14.5 Å². The molecule has 1 aromatic carbocycles. The molecule has 5 unspecified atom stereocenters. The van der Waals surface area contributed by atoms with E-state index in [1.54, 1.807) is 0 Å². The Kier molecular flexibility index (Phi) is 6.51. The highest BCUT2D eigenvalue weighted by Gasteiger charge is 2.42. The van der Waals surface area contributed by atoms with Crippen molar-refractivity contribution in [3.63, 3.8) is 0 Å². The van der Waals surface area contributed by atoms with Crippen LogP contribution in [0.4, 0.5) is 5.13 Å². The van der Waals surface area contributed by atoms with E-state index in [2.05, 4.69) is 0 Å². The minimum atomic E-state index is -1.04. The summed E-state index contributed by atoms with van der Waals surface area (Å²) in [5, 5.41) is 22.3. The molecule has 1 aliphatic carbocycles. The molecule has 1 aliphatic heterocycles. The maximum atomic E-state index is 13.6. The highest BCUT2D eigenvalue weighted by molar-refractivity contribution is 7.14. The van der Waals surface area contributed by atoms with Gasteiger partial charge in [0.1, 0.15) is 0 Å². The third kappa shape index (κ3) is 4.37. The largest absolute Gasteiger partial charge is 0.481 e. The van der Waals surface area contributed by atoms with Crippen molar-refractivity contribution in [2.45, 2.75) is 42.6 Å². The van der Waals surface area contributed by atoms with Gasteiger partial charge in [0.2, 0.25) is 5.91 Å². The van der Waals surface area contributed by atoms with E-state index in [1.165, 1.54) is 16.2 Å². The van der Waals surface area contributed by atoms with Crippen molar-refractivity contribution in [2.75, 3.05) is 11.4 Å². The van der Waals surface area contributed by atoms with Crippen LogP contribution in [0.2, 0.25) is 0 Å². The number of thiazole rings is 1. The van der Waals surface area contributed by atoms with Gasteiger partial charge in [-0.1, -0.05) is 54.6 Å². The van der Waals surface area contributed by atoms with Crippen molar-refractivity contribution in [2.24, 2.45) is 5.92 Å². The Bertz CT molecular complexity index is 1050. The first-order chi connectivity index (χ1) is 15.3. The third-order valence-corrected chi connectivity index (χ3v) is 7.75.